The van der Waals surface area contributed by atoms with Crippen LogP contribution in [0.5, 0.6) is 5.75 Å². The zero-order valence-corrected chi connectivity index (χ0v) is 11.5. The summed E-state index contributed by atoms with van der Waals surface area (Å²) in [5, 5.41) is 0. The van der Waals surface area contributed by atoms with E-state index in [1.54, 1.807) is 6.07 Å². The van der Waals surface area contributed by atoms with Crippen LogP contribution in [0.2, 0.25) is 0 Å². The lowest BCUT2D eigenvalue weighted by molar-refractivity contribution is -0.108. The van der Waals surface area contributed by atoms with E-state index < -0.39 is 0 Å². The molecule has 1 aromatic carbocycles. The molecule has 19 heavy (non-hydrogen) atoms. The van der Waals surface area contributed by atoms with Crippen molar-refractivity contribution < 1.29 is 13.9 Å². The SMILES string of the molecule is Cc1ccc(F)cc1OC1CCOC2(CCCC2)C1. The van der Waals surface area contributed by atoms with Gasteiger partial charge in [-0.2, -0.15) is 0 Å². The maximum atomic E-state index is 13.3. The summed E-state index contributed by atoms with van der Waals surface area (Å²) in [6, 6.07) is 4.74. The van der Waals surface area contributed by atoms with Gasteiger partial charge in [-0.1, -0.05) is 18.9 Å². The molecule has 1 unspecified atom stereocenters. The van der Waals surface area contributed by atoms with Gasteiger partial charge in [-0.3, -0.25) is 0 Å². The number of rotatable bonds is 2. The molecule has 1 saturated heterocycles. The van der Waals surface area contributed by atoms with Crippen LogP contribution in [0.25, 0.3) is 0 Å². The first-order valence-corrected chi connectivity index (χ1v) is 7.24. The van der Waals surface area contributed by atoms with Crippen molar-refractivity contribution in [3.8, 4) is 5.75 Å². The molecule has 1 spiro atoms. The average Bonchev–Trinajstić information content (AvgIpc) is 2.82. The minimum Gasteiger partial charge on any atom is -0.490 e. The largest absolute Gasteiger partial charge is 0.490 e. The normalized spacial score (nSPS) is 25.7. The summed E-state index contributed by atoms with van der Waals surface area (Å²) in [6.07, 6.45) is 6.81. The Labute approximate surface area is 113 Å². The number of aryl methyl sites for hydroxylation is 1. The molecule has 3 heteroatoms. The minimum absolute atomic E-state index is 0.0458. The van der Waals surface area contributed by atoms with E-state index in [-0.39, 0.29) is 17.5 Å². The summed E-state index contributed by atoms with van der Waals surface area (Å²) >= 11 is 0. The highest BCUT2D eigenvalue weighted by atomic mass is 19.1. The Morgan fingerprint density at radius 1 is 1.32 bits per heavy atom. The van der Waals surface area contributed by atoms with Crippen LogP contribution in [0.1, 0.15) is 44.1 Å². The van der Waals surface area contributed by atoms with Gasteiger partial charge in [-0.15, -0.1) is 0 Å². The lowest BCUT2D eigenvalue weighted by Gasteiger charge is -2.38. The molecule has 2 fully saturated rings. The Bertz CT molecular complexity index is 452. The molecule has 1 heterocycles. The third-order valence-corrected chi connectivity index (χ3v) is 4.41. The highest BCUT2D eigenvalue weighted by molar-refractivity contribution is 5.32. The van der Waals surface area contributed by atoms with Crippen molar-refractivity contribution in [3.05, 3.63) is 29.6 Å². The fraction of sp³-hybridized carbons (Fsp3) is 0.625. The molecular weight excluding hydrogens is 243 g/mol. The van der Waals surface area contributed by atoms with E-state index in [4.69, 9.17) is 9.47 Å². The molecule has 0 N–H and O–H groups in total. The van der Waals surface area contributed by atoms with E-state index in [1.165, 1.54) is 25.0 Å². The van der Waals surface area contributed by atoms with Crippen LogP contribution in [0.15, 0.2) is 18.2 Å². The molecule has 1 aliphatic carbocycles. The van der Waals surface area contributed by atoms with E-state index in [0.717, 1.165) is 37.9 Å². The predicted octanol–water partition coefficient (Wildman–Crippen LogP) is 4.00. The number of hydrogen-bond acceptors (Lipinski definition) is 2. The van der Waals surface area contributed by atoms with Crippen molar-refractivity contribution in [2.24, 2.45) is 0 Å². The molecule has 3 rings (SSSR count). The van der Waals surface area contributed by atoms with Crippen molar-refractivity contribution >= 4 is 0 Å². The second-order valence-electron chi connectivity index (χ2n) is 5.88. The van der Waals surface area contributed by atoms with Gasteiger partial charge in [0.2, 0.25) is 0 Å². The molecule has 1 atom stereocenters. The van der Waals surface area contributed by atoms with Gasteiger partial charge in [-0.05, 0) is 31.4 Å². The summed E-state index contributed by atoms with van der Waals surface area (Å²) in [5.41, 5.74) is 1.04. The number of ether oxygens (including phenoxy) is 2. The van der Waals surface area contributed by atoms with Crippen molar-refractivity contribution in [2.45, 2.75) is 57.2 Å². The topological polar surface area (TPSA) is 18.5 Å². The smallest absolute Gasteiger partial charge is 0.126 e. The summed E-state index contributed by atoms with van der Waals surface area (Å²) in [4.78, 5) is 0. The number of halogens is 1. The number of benzene rings is 1. The molecule has 1 saturated carbocycles. The number of hydrogen-bond donors (Lipinski definition) is 0. The van der Waals surface area contributed by atoms with E-state index in [2.05, 4.69) is 0 Å². The Kier molecular flexibility index (Phi) is 3.48. The zero-order chi connectivity index (χ0) is 13.3. The van der Waals surface area contributed by atoms with Gasteiger partial charge < -0.3 is 9.47 Å². The van der Waals surface area contributed by atoms with E-state index >= 15 is 0 Å². The standard InChI is InChI=1S/C16H21FO2/c1-12-4-5-13(17)10-15(12)19-14-6-9-18-16(11-14)7-2-3-8-16/h4-5,10,14H,2-3,6-9,11H2,1H3. The van der Waals surface area contributed by atoms with Crippen molar-refractivity contribution in [3.63, 3.8) is 0 Å². The van der Waals surface area contributed by atoms with Gasteiger partial charge in [0.25, 0.3) is 0 Å². The van der Waals surface area contributed by atoms with Crippen LogP contribution < -0.4 is 4.74 Å². The molecule has 2 aliphatic rings. The molecule has 1 aromatic rings. The fourth-order valence-corrected chi connectivity index (χ4v) is 3.33. The first kappa shape index (κ1) is 12.9. The molecule has 1 aliphatic heterocycles. The predicted molar refractivity (Wildman–Crippen MR) is 71.9 cm³/mol. The first-order chi connectivity index (χ1) is 9.17. The van der Waals surface area contributed by atoms with Gasteiger partial charge in [0, 0.05) is 18.9 Å². The fourth-order valence-electron chi connectivity index (χ4n) is 3.33. The molecule has 0 amide bonds. The summed E-state index contributed by atoms with van der Waals surface area (Å²) in [5.74, 6) is 0.447. The Hall–Kier alpha value is -1.09. The monoisotopic (exact) mass is 264 g/mol. The summed E-state index contributed by atoms with van der Waals surface area (Å²) in [7, 11) is 0. The van der Waals surface area contributed by atoms with Crippen LogP contribution in [-0.4, -0.2) is 18.3 Å². The average molecular weight is 264 g/mol. The van der Waals surface area contributed by atoms with Gasteiger partial charge in [0.15, 0.2) is 0 Å². The van der Waals surface area contributed by atoms with E-state index in [9.17, 15) is 4.39 Å². The van der Waals surface area contributed by atoms with Gasteiger partial charge in [0.05, 0.1) is 12.2 Å². The lowest BCUT2D eigenvalue weighted by Crippen LogP contribution is -2.41. The van der Waals surface area contributed by atoms with Gasteiger partial charge >= 0.3 is 0 Å². The van der Waals surface area contributed by atoms with Crippen LogP contribution in [0, 0.1) is 12.7 Å². The molecule has 104 valence electrons. The second kappa shape index (κ2) is 5.12. The third kappa shape index (κ3) is 2.76. The summed E-state index contributed by atoms with van der Waals surface area (Å²) < 4.78 is 25.3. The van der Waals surface area contributed by atoms with E-state index in [1.807, 2.05) is 6.92 Å². The first-order valence-electron chi connectivity index (χ1n) is 7.24. The Morgan fingerprint density at radius 2 is 2.11 bits per heavy atom. The van der Waals surface area contributed by atoms with Crippen molar-refractivity contribution in [2.75, 3.05) is 6.61 Å². The summed E-state index contributed by atoms with van der Waals surface area (Å²) in [6.45, 7) is 2.72. The van der Waals surface area contributed by atoms with Crippen LogP contribution in [0.4, 0.5) is 4.39 Å². The molecule has 2 nitrogen and oxygen atoms in total. The van der Waals surface area contributed by atoms with Crippen LogP contribution in [-0.2, 0) is 4.74 Å². The molecular formula is C16H21FO2. The maximum Gasteiger partial charge on any atom is 0.126 e. The van der Waals surface area contributed by atoms with Crippen LogP contribution in [0.3, 0.4) is 0 Å². The molecule has 0 aromatic heterocycles. The Morgan fingerprint density at radius 3 is 2.89 bits per heavy atom. The molecule has 0 radical (unpaired) electrons. The highest BCUT2D eigenvalue weighted by Crippen LogP contribution is 2.41. The quantitative estimate of drug-likeness (QED) is 0.803. The highest BCUT2D eigenvalue weighted by Gasteiger charge is 2.40. The molecule has 0 bridgehead atoms. The van der Waals surface area contributed by atoms with Gasteiger partial charge in [0.1, 0.15) is 17.7 Å². The van der Waals surface area contributed by atoms with Crippen molar-refractivity contribution in [1.29, 1.82) is 0 Å². The second-order valence-corrected chi connectivity index (χ2v) is 5.88. The van der Waals surface area contributed by atoms with Crippen LogP contribution >= 0.6 is 0 Å². The van der Waals surface area contributed by atoms with Crippen molar-refractivity contribution in [1.82, 2.24) is 0 Å². The third-order valence-electron chi connectivity index (χ3n) is 4.41. The zero-order valence-electron chi connectivity index (χ0n) is 11.5. The van der Waals surface area contributed by atoms with Gasteiger partial charge in [-0.25, -0.2) is 4.39 Å². The Balaban J connectivity index is 1.70. The van der Waals surface area contributed by atoms with E-state index in [0.29, 0.717) is 5.75 Å². The maximum absolute atomic E-state index is 13.3. The lowest BCUT2D eigenvalue weighted by atomic mass is 9.90. The minimum atomic E-state index is -0.233.